The highest BCUT2D eigenvalue weighted by atomic mass is 79.9. The van der Waals surface area contributed by atoms with Gasteiger partial charge in [0, 0.05) is 20.9 Å². The largest absolute Gasteiger partial charge is 0.309 e. The first-order chi connectivity index (χ1) is 26.2. The molecule has 1 aliphatic rings. The van der Waals surface area contributed by atoms with E-state index in [0.717, 1.165) is 10.2 Å². The van der Waals surface area contributed by atoms with E-state index < -0.39 is 5.41 Å². The van der Waals surface area contributed by atoms with Gasteiger partial charge in [0.05, 0.1) is 16.4 Å². The molecule has 0 saturated carbocycles. The maximum Gasteiger partial charge on any atom is 0.0714 e. The van der Waals surface area contributed by atoms with Crippen LogP contribution in [0.5, 0.6) is 0 Å². The Balaban J connectivity index is 1.28. The van der Waals surface area contributed by atoms with Crippen LogP contribution in [0.1, 0.15) is 22.3 Å². The van der Waals surface area contributed by atoms with Crippen molar-refractivity contribution in [3.63, 3.8) is 0 Å². The highest BCUT2D eigenvalue weighted by Gasteiger charge is 2.47. The summed E-state index contributed by atoms with van der Waals surface area (Å²) in [5, 5.41) is 7.59. The first-order valence-electron chi connectivity index (χ1n) is 18.2. The summed E-state index contributed by atoms with van der Waals surface area (Å²) in [5.74, 6) is 0. The average molecular weight is 739 g/mol. The topological polar surface area (TPSA) is 4.93 Å². The van der Waals surface area contributed by atoms with E-state index in [2.05, 4.69) is 215 Å². The lowest BCUT2D eigenvalue weighted by atomic mass is 9.67. The van der Waals surface area contributed by atoms with Crippen molar-refractivity contribution in [2.75, 3.05) is 0 Å². The zero-order valence-corrected chi connectivity index (χ0v) is 30.4. The van der Waals surface area contributed by atoms with E-state index in [9.17, 15) is 0 Å². The Hall–Kier alpha value is -6.22. The molecule has 248 valence electrons. The summed E-state index contributed by atoms with van der Waals surface area (Å²) in [5.41, 5.74) is 13.2. The number of aromatic nitrogens is 1. The molecule has 0 spiro atoms. The van der Waals surface area contributed by atoms with Gasteiger partial charge in [-0.05, 0) is 96.4 Å². The molecule has 2 heteroatoms. The Morgan fingerprint density at radius 1 is 0.415 bits per heavy atom. The Morgan fingerprint density at radius 3 is 1.81 bits per heavy atom. The van der Waals surface area contributed by atoms with Crippen molar-refractivity contribution in [1.82, 2.24) is 4.57 Å². The number of hydrogen-bond acceptors (Lipinski definition) is 0. The minimum atomic E-state index is -0.515. The Labute approximate surface area is 316 Å². The fourth-order valence-electron chi connectivity index (χ4n) is 9.31. The zero-order chi connectivity index (χ0) is 35.1. The van der Waals surface area contributed by atoms with E-state index in [-0.39, 0.29) is 0 Å². The van der Waals surface area contributed by atoms with Crippen LogP contribution < -0.4 is 0 Å². The lowest BCUT2D eigenvalue weighted by Crippen LogP contribution is -2.28. The quantitative estimate of drug-likeness (QED) is 0.169. The molecule has 0 amide bonds. The van der Waals surface area contributed by atoms with E-state index in [1.807, 2.05) is 0 Å². The van der Waals surface area contributed by atoms with E-state index in [1.165, 1.54) is 87.9 Å². The molecule has 0 N–H and O–H groups in total. The smallest absolute Gasteiger partial charge is 0.0714 e. The third-order valence-electron chi connectivity index (χ3n) is 11.5. The van der Waals surface area contributed by atoms with Crippen molar-refractivity contribution in [3.05, 3.63) is 221 Å². The molecule has 1 nitrogen and oxygen atoms in total. The highest BCUT2D eigenvalue weighted by molar-refractivity contribution is 9.10. The highest BCUT2D eigenvalue weighted by Crippen LogP contribution is 2.58. The first kappa shape index (κ1) is 30.4. The predicted octanol–water partition coefficient (Wildman–Crippen LogP) is 13.9. The number of benzene rings is 9. The lowest BCUT2D eigenvalue weighted by molar-refractivity contribution is 0.768. The number of hydrogen-bond donors (Lipinski definition) is 0. The van der Waals surface area contributed by atoms with Crippen molar-refractivity contribution in [2.24, 2.45) is 0 Å². The van der Waals surface area contributed by atoms with Crippen LogP contribution in [-0.2, 0) is 5.41 Å². The molecule has 10 aromatic rings. The van der Waals surface area contributed by atoms with Crippen LogP contribution >= 0.6 is 15.9 Å². The van der Waals surface area contributed by atoms with Crippen molar-refractivity contribution >= 4 is 59.3 Å². The number of halogens is 1. The molecule has 0 saturated heterocycles. The lowest BCUT2D eigenvalue weighted by Gasteiger charge is -2.34. The first-order valence-corrected chi connectivity index (χ1v) is 19.0. The molecule has 1 aliphatic carbocycles. The van der Waals surface area contributed by atoms with Gasteiger partial charge in [0.2, 0.25) is 0 Å². The van der Waals surface area contributed by atoms with Crippen LogP contribution in [0.3, 0.4) is 0 Å². The second kappa shape index (κ2) is 11.6. The molecule has 0 fully saturated rings. The van der Waals surface area contributed by atoms with Crippen molar-refractivity contribution < 1.29 is 0 Å². The zero-order valence-electron chi connectivity index (χ0n) is 28.8. The maximum absolute atomic E-state index is 3.84. The van der Waals surface area contributed by atoms with Gasteiger partial charge in [-0.2, -0.15) is 0 Å². The average Bonchev–Trinajstić information content (AvgIpc) is 3.72. The monoisotopic (exact) mass is 737 g/mol. The van der Waals surface area contributed by atoms with Crippen LogP contribution in [-0.4, -0.2) is 4.57 Å². The number of nitrogens with zero attached hydrogens (tertiary/aromatic N) is 1. The second-order valence-electron chi connectivity index (χ2n) is 14.1. The molecular weight excluding hydrogens is 706 g/mol. The predicted molar refractivity (Wildman–Crippen MR) is 226 cm³/mol. The van der Waals surface area contributed by atoms with Crippen LogP contribution in [0.25, 0.3) is 71.3 Å². The van der Waals surface area contributed by atoms with Gasteiger partial charge in [-0.25, -0.2) is 0 Å². The summed E-state index contributed by atoms with van der Waals surface area (Å²) >= 11 is 3.84. The van der Waals surface area contributed by atoms with Gasteiger partial charge in [-0.3, -0.25) is 0 Å². The molecule has 1 heterocycles. The standard InChI is InChI=1S/C51H32BrN/c52-46-22-12-11-19-39(46)35-23-27-43-48(31-35)53(47-30-25-34-14-8-10-21-41(34)50(43)47)38-26-28-42-45(32-38)51(36-15-3-1-4-16-36,37-17-5-2-6-18-37)44-29-24-33-13-7-9-20-40(33)49(42)44/h1-32H. The van der Waals surface area contributed by atoms with Crippen LogP contribution in [0.15, 0.2) is 199 Å². The SMILES string of the molecule is Brc1ccccc1-c1ccc2c3c4ccccc4ccc3n(-c3ccc4c(c3)C(c3ccccc3)(c3ccccc3)c3ccc5ccccc5c3-4)c2c1. The molecule has 0 aliphatic heterocycles. The third kappa shape index (κ3) is 4.30. The minimum absolute atomic E-state index is 0.515. The van der Waals surface area contributed by atoms with Gasteiger partial charge in [0.15, 0.2) is 0 Å². The van der Waals surface area contributed by atoms with Gasteiger partial charge in [-0.1, -0.05) is 180 Å². The molecule has 0 unspecified atom stereocenters. The van der Waals surface area contributed by atoms with Gasteiger partial charge in [0.25, 0.3) is 0 Å². The normalized spacial score (nSPS) is 13.2. The van der Waals surface area contributed by atoms with Crippen LogP contribution in [0, 0.1) is 0 Å². The van der Waals surface area contributed by atoms with E-state index in [1.54, 1.807) is 0 Å². The molecule has 0 bridgehead atoms. The number of fused-ring (bicyclic) bond motifs is 10. The van der Waals surface area contributed by atoms with E-state index >= 15 is 0 Å². The fourth-order valence-corrected chi connectivity index (χ4v) is 9.83. The third-order valence-corrected chi connectivity index (χ3v) is 12.2. The molecule has 11 rings (SSSR count). The van der Waals surface area contributed by atoms with E-state index in [4.69, 9.17) is 0 Å². The summed E-state index contributed by atoms with van der Waals surface area (Å²) in [6.45, 7) is 0. The van der Waals surface area contributed by atoms with Crippen molar-refractivity contribution in [1.29, 1.82) is 0 Å². The summed E-state index contributed by atoms with van der Waals surface area (Å²) in [6, 6.07) is 71.8. The Bertz CT molecular complexity index is 3020. The van der Waals surface area contributed by atoms with Crippen LogP contribution in [0.4, 0.5) is 0 Å². The summed E-state index contributed by atoms with van der Waals surface area (Å²) in [4.78, 5) is 0. The maximum atomic E-state index is 3.84. The molecule has 0 atom stereocenters. The van der Waals surface area contributed by atoms with Crippen molar-refractivity contribution in [2.45, 2.75) is 5.41 Å². The summed E-state index contributed by atoms with van der Waals surface area (Å²) in [7, 11) is 0. The van der Waals surface area contributed by atoms with Gasteiger partial charge in [0.1, 0.15) is 0 Å². The second-order valence-corrected chi connectivity index (χ2v) is 15.0. The molecule has 9 aromatic carbocycles. The van der Waals surface area contributed by atoms with Crippen molar-refractivity contribution in [3.8, 4) is 27.9 Å². The van der Waals surface area contributed by atoms with Gasteiger partial charge >= 0.3 is 0 Å². The Morgan fingerprint density at radius 2 is 1.06 bits per heavy atom. The molecule has 53 heavy (non-hydrogen) atoms. The van der Waals surface area contributed by atoms with Crippen LogP contribution in [0.2, 0.25) is 0 Å². The molecule has 1 aromatic heterocycles. The summed E-state index contributed by atoms with van der Waals surface area (Å²) in [6.07, 6.45) is 0. The summed E-state index contributed by atoms with van der Waals surface area (Å²) < 4.78 is 3.59. The van der Waals surface area contributed by atoms with E-state index in [0.29, 0.717) is 0 Å². The van der Waals surface area contributed by atoms with Gasteiger partial charge < -0.3 is 4.57 Å². The molecule has 0 radical (unpaired) electrons. The van der Waals surface area contributed by atoms with Gasteiger partial charge in [-0.15, -0.1) is 0 Å². The Kier molecular flexibility index (Phi) is 6.68. The number of rotatable bonds is 4. The fraction of sp³-hybridized carbons (Fsp3) is 0.0196. The molecular formula is C51H32BrN. The minimum Gasteiger partial charge on any atom is -0.309 e.